The molecule has 0 aliphatic heterocycles. The van der Waals surface area contributed by atoms with Crippen LogP contribution in [0.4, 0.5) is 5.69 Å². The molecule has 0 bridgehead atoms. The Labute approximate surface area is 150 Å². The lowest BCUT2D eigenvalue weighted by atomic mass is 10.0. The highest BCUT2D eigenvalue weighted by Crippen LogP contribution is 2.23. The molecule has 7 nitrogen and oxygen atoms in total. The second-order valence-corrected chi connectivity index (χ2v) is 5.97. The van der Waals surface area contributed by atoms with Crippen molar-refractivity contribution in [3.8, 4) is 0 Å². The number of nitrogens with one attached hydrogen (secondary N) is 1. The first-order chi connectivity index (χ1) is 12.5. The van der Waals surface area contributed by atoms with Crippen molar-refractivity contribution in [2.24, 2.45) is 7.05 Å². The Morgan fingerprint density at radius 2 is 1.96 bits per heavy atom. The maximum Gasteiger partial charge on any atom is 0.273 e. The summed E-state index contributed by atoms with van der Waals surface area (Å²) in [6.07, 6.45) is 3.46. The number of nitrogens with zero attached hydrogens (tertiary/aromatic N) is 3. The lowest BCUT2D eigenvalue weighted by Crippen LogP contribution is -2.31. The number of aromatic nitrogens is 2. The van der Waals surface area contributed by atoms with Crippen LogP contribution in [0.25, 0.3) is 0 Å². The molecule has 2 aromatic carbocycles. The molecule has 1 heterocycles. The van der Waals surface area contributed by atoms with Crippen LogP contribution in [0.2, 0.25) is 0 Å². The van der Waals surface area contributed by atoms with E-state index in [0.717, 1.165) is 5.56 Å². The number of carbonyl (C=O) groups is 1. The van der Waals surface area contributed by atoms with Crippen molar-refractivity contribution in [1.82, 2.24) is 14.9 Å². The van der Waals surface area contributed by atoms with Crippen LogP contribution in [0.15, 0.2) is 60.9 Å². The van der Waals surface area contributed by atoms with E-state index in [4.69, 9.17) is 0 Å². The van der Waals surface area contributed by atoms with Gasteiger partial charge in [0, 0.05) is 36.6 Å². The molecule has 0 aliphatic rings. The summed E-state index contributed by atoms with van der Waals surface area (Å²) in [4.78, 5) is 27.7. The topological polar surface area (TPSA) is 90.1 Å². The molecule has 0 spiro atoms. The summed E-state index contributed by atoms with van der Waals surface area (Å²) >= 11 is 0. The van der Waals surface area contributed by atoms with Crippen molar-refractivity contribution in [1.29, 1.82) is 0 Å². The van der Waals surface area contributed by atoms with E-state index in [9.17, 15) is 14.9 Å². The third-order valence-electron chi connectivity index (χ3n) is 4.19. The summed E-state index contributed by atoms with van der Waals surface area (Å²) in [6, 6.07) is 13.4. The molecule has 0 aliphatic carbocycles. The Morgan fingerprint density at radius 1 is 1.23 bits per heavy atom. The molecule has 0 unspecified atom stereocenters. The van der Waals surface area contributed by atoms with Gasteiger partial charge in [0.25, 0.3) is 11.6 Å². The molecule has 0 saturated carbocycles. The van der Waals surface area contributed by atoms with E-state index >= 15 is 0 Å². The minimum Gasteiger partial charge on any atom is -0.338 e. The molecule has 1 N–H and O–H groups in total. The number of imidazole rings is 1. The van der Waals surface area contributed by atoms with Crippen LogP contribution in [-0.2, 0) is 7.05 Å². The highest BCUT2D eigenvalue weighted by Gasteiger charge is 2.22. The van der Waals surface area contributed by atoms with Gasteiger partial charge in [0.05, 0.1) is 4.92 Å². The van der Waals surface area contributed by atoms with Crippen molar-refractivity contribution in [2.75, 3.05) is 0 Å². The number of hydrogen-bond acceptors (Lipinski definition) is 4. The van der Waals surface area contributed by atoms with Gasteiger partial charge in [-0.3, -0.25) is 14.9 Å². The van der Waals surface area contributed by atoms with Gasteiger partial charge >= 0.3 is 0 Å². The molecule has 0 saturated heterocycles. The van der Waals surface area contributed by atoms with Crippen LogP contribution in [0.1, 0.15) is 33.4 Å². The van der Waals surface area contributed by atoms with Gasteiger partial charge in [-0.05, 0) is 18.6 Å². The number of carbonyl (C=O) groups excluding carboxylic acids is 1. The SMILES string of the molecule is Cc1ccc(C(=O)N[C@@H](c2ccccc2)c2nccn2C)cc1[N+](=O)[O-]. The third kappa shape index (κ3) is 3.46. The van der Waals surface area contributed by atoms with Crippen molar-refractivity contribution in [3.63, 3.8) is 0 Å². The average Bonchev–Trinajstić information content (AvgIpc) is 3.06. The van der Waals surface area contributed by atoms with E-state index < -0.39 is 16.9 Å². The number of aryl methyl sites for hydroxylation is 2. The Balaban J connectivity index is 1.95. The molecule has 0 radical (unpaired) electrons. The molecule has 1 amide bonds. The summed E-state index contributed by atoms with van der Waals surface area (Å²) in [5.74, 6) is 0.274. The van der Waals surface area contributed by atoms with E-state index in [1.165, 1.54) is 6.07 Å². The first-order valence-electron chi connectivity index (χ1n) is 8.05. The Morgan fingerprint density at radius 3 is 2.58 bits per heavy atom. The zero-order valence-corrected chi connectivity index (χ0v) is 14.4. The van der Waals surface area contributed by atoms with Crippen molar-refractivity contribution < 1.29 is 9.72 Å². The lowest BCUT2D eigenvalue weighted by molar-refractivity contribution is -0.385. The normalized spacial score (nSPS) is 11.8. The third-order valence-corrected chi connectivity index (χ3v) is 4.19. The molecule has 3 rings (SSSR count). The number of amides is 1. The number of benzene rings is 2. The minimum atomic E-state index is -0.487. The highest BCUT2D eigenvalue weighted by atomic mass is 16.6. The average molecular weight is 350 g/mol. The quantitative estimate of drug-likeness (QED) is 0.565. The predicted molar refractivity (Wildman–Crippen MR) is 96.8 cm³/mol. The van der Waals surface area contributed by atoms with Crippen LogP contribution in [-0.4, -0.2) is 20.4 Å². The second kappa shape index (κ2) is 7.18. The Hall–Kier alpha value is -3.48. The Kier molecular flexibility index (Phi) is 4.79. The lowest BCUT2D eigenvalue weighted by Gasteiger charge is -2.19. The van der Waals surface area contributed by atoms with Crippen LogP contribution in [0.3, 0.4) is 0 Å². The molecule has 1 aromatic heterocycles. The van der Waals surface area contributed by atoms with Gasteiger partial charge in [-0.1, -0.05) is 36.4 Å². The van der Waals surface area contributed by atoms with Gasteiger partial charge in [0.2, 0.25) is 0 Å². The molecule has 3 aromatic rings. The predicted octanol–water partition coefficient (Wildman–Crippen LogP) is 3.16. The van der Waals surface area contributed by atoms with Gasteiger partial charge in [-0.15, -0.1) is 0 Å². The van der Waals surface area contributed by atoms with Crippen LogP contribution in [0.5, 0.6) is 0 Å². The van der Waals surface area contributed by atoms with E-state index in [0.29, 0.717) is 11.4 Å². The molecule has 1 atom stereocenters. The van der Waals surface area contributed by atoms with Gasteiger partial charge < -0.3 is 9.88 Å². The number of nitro groups is 1. The smallest absolute Gasteiger partial charge is 0.273 e. The summed E-state index contributed by atoms with van der Waals surface area (Å²) in [5, 5.41) is 14.1. The maximum atomic E-state index is 12.8. The maximum absolute atomic E-state index is 12.8. The van der Waals surface area contributed by atoms with E-state index in [2.05, 4.69) is 10.3 Å². The molecule has 7 heteroatoms. The zero-order chi connectivity index (χ0) is 18.7. The van der Waals surface area contributed by atoms with Crippen LogP contribution < -0.4 is 5.32 Å². The highest BCUT2D eigenvalue weighted by molar-refractivity contribution is 5.95. The number of hydrogen-bond donors (Lipinski definition) is 1. The molecule has 0 fully saturated rings. The zero-order valence-electron chi connectivity index (χ0n) is 14.4. The fourth-order valence-corrected chi connectivity index (χ4v) is 2.76. The Bertz CT molecular complexity index is 950. The molecular weight excluding hydrogens is 332 g/mol. The van der Waals surface area contributed by atoms with Crippen molar-refractivity contribution in [2.45, 2.75) is 13.0 Å². The molecule has 26 heavy (non-hydrogen) atoms. The first-order valence-corrected chi connectivity index (χ1v) is 8.05. The summed E-state index contributed by atoms with van der Waals surface area (Å²) < 4.78 is 1.83. The largest absolute Gasteiger partial charge is 0.338 e. The first kappa shape index (κ1) is 17.3. The summed E-state index contributed by atoms with van der Waals surface area (Å²) in [5.41, 5.74) is 1.54. The van der Waals surface area contributed by atoms with Crippen LogP contribution >= 0.6 is 0 Å². The molecule has 132 valence electrons. The fourth-order valence-electron chi connectivity index (χ4n) is 2.76. The van der Waals surface area contributed by atoms with E-state index in [-0.39, 0.29) is 11.3 Å². The number of rotatable bonds is 5. The van der Waals surface area contributed by atoms with Crippen molar-refractivity contribution >= 4 is 11.6 Å². The van der Waals surface area contributed by atoms with Crippen molar-refractivity contribution in [3.05, 3.63) is 93.6 Å². The second-order valence-electron chi connectivity index (χ2n) is 5.97. The summed E-state index contributed by atoms with van der Waals surface area (Å²) in [7, 11) is 1.85. The van der Waals surface area contributed by atoms with Gasteiger partial charge in [0.1, 0.15) is 11.9 Å². The number of nitro benzene ring substituents is 1. The standard InChI is InChI=1S/C19H18N4O3/c1-13-8-9-15(12-16(13)23(25)26)19(24)21-17(14-6-4-3-5-7-14)18-20-10-11-22(18)2/h3-12,17H,1-2H3,(H,21,24)/t17-/m0/s1. The van der Waals surface area contributed by atoms with E-state index in [1.54, 1.807) is 31.5 Å². The van der Waals surface area contributed by atoms with Gasteiger partial charge in [-0.25, -0.2) is 4.98 Å². The van der Waals surface area contributed by atoms with Crippen LogP contribution in [0, 0.1) is 17.0 Å². The fraction of sp³-hybridized carbons (Fsp3) is 0.158. The van der Waals surface area contributed by atoms with Gasteiger partial charge in [-0.2, -0.15) is 0 Å². The van der Waals surface area contributed by atoms with Gasteiger partial charge in [0.15, 0.2) is 0 Å². The molecular formula is C19H18N4O3. The summed E-state index contributed by atoms with van der Waals surface area (Å²) in [6.45, 7) is 1.64. The minimum absolute atomic E-state index is 0.0779. The monoisotopic (exact) mass is 350 g/mol. The van der Waals surface area contributed by atoms with E-state index in [1.807, 2.05) is 41.9 Å².